The second kappa shape index (κ2) is 40.2. The van der Waals surface area contributed by atoms with E-state index in [-0.39, 0.29) is 50.5 Å². The highest BCUT2D eigenvalue weighted by atomic mass is 32.2. The van der Waals surface area contributed by atoms with Gasteiger partial charge in [0.1, 0.15) is 60.9 Å². The van der Waals surface area contributed by atoms with E-state index in [0.29, 0.717) is 38.5 Å². The Morgan fingerprint density at radius 1 is 0.667 bits per heavy atom. The summed E-state index contributed by atoms with van der Waals surface area (Å²) in [5.74, 6) is 12.5. The lowest BCUT2D eigenvalue weighted by molar-refractivity contribution is -0.338. The van der Waals surface area contributed by atoms with Crippen LogP contribution in [0.5, 0.6) is 0 Å². The van der Waals surface area contributed by atoms with Crippen LogP contribution in [0.2, 0.25) is 0 Å². The van der Waals surface area contributed by atoms with Crippen molar-refractivity contribution in [2.45, 2.75) is 189 Å². The Morgan fingerprint density at radius 3 is 1.84 bits per heavy atom. The fourth-order valence-corrected chi connectivity index (χ4v) is 8.61. The Kier molecular flexibility index (Phi) is 36.5. The van der Waals surface area contributed by atoms with Crippen molar-refractivity contribution >= 4 is 23.6 Å². The summed E-state index contributed by atoms with van der Waals surface area (Å²) in [7, 11) is 0. The summed E-state index contributed by atoms with van der Waals surface area (Å²) in [6.45, 7) is 2.84. The summed E-state index contributed by atoms with van der Waals surface area (Å²) in [5.41, 5.74) is 5.46. The van der Waals surface area contributed by atoms with E-state index in [9.17, 15) is 45.3 Å². The number of unbranched alkanes of at least 4 members (excludes halogenated alkanes) is 16. The summed E-state index contributed by atoms with van der Waals surface area (Å²) < 4.78 is 32.9. The van der Waals surface area contributed by atoms with Crippen molar-refractivity contribution in [1.82, 2.24) is 15.6 Å². The number of hydrazine groups is 1. The summed E-state index contributed by atoms with van der Waals surface area (Å²) in [4.78, 5) is 24.4. The molecule has 0 saturated carbocycles. The predicted octanol–water partition coefficient (Wildman–Crippen LogP) is 1.04. The quantitative estimate of drug-likeness (QED) is 0.0177. The summed E-state index contributed by atoms with van der Waals surface area (Å²) in [5, 5.41) is 78.0. The molecule has 0 aliphatic carbocycles. The third-order valence-corrected chi connectivity index (χ3v) is 12.9. The zero-order valence-electron chi connectivity index (χ0n) is 41.2. The smallest absolute Gasteiger partial charge is 0.246 e. The summed E-state index contributed by atoms with van der Waals surface area (Å²) >= 11 is 1.07. The molecule has 69 heavy (non-hydrogen) atoms. The van der Waals surface area contributed by atoms with Gasteiger partial charge in [0.2, 0.25) is 11.8 Å². The number of hydrogen-bond acceptors (Lipinski definition) is 19. The van der Waals surface area contributed by atoms with Crippen molar-refractivity contribution < 1.29 is 73.8 Å². The van der Waals surface area contributed by atoms with Crippen LogP contribution < -0.4 is 22.2 Å². The number of thioether (sulfide) groups is 1. The van der Waals surface area contributed by atoms with Gasteiger partial charge in [0.05, 0.1) is 59.3 Å². The molecule has 2 fully saturated rings. The average Bonchev–Trinajstić information content (AvgIpc) is 3.34. The van der Waals surface area contributed by atoms with E-state index in [1.54, 1.807) is 6.20 Å². The maximum atomic E-state index is 12.3. The Bertz CT molecular complexity index is 1410. The third-order valence-electron chi connectivity index (χ3n) is 11.7. The number of hydrogen-bond donors (Lipinski definition) is 11. The van der Waals surface area contributed by atoms with Crippen LogP contribution in [0.15, 0.2) is 11.9 Å². The first kappa shape index (κ1) is 62.7. The maximum absolute atomic E-state index is 12.3. The van der Waals surface area contributed by atoms with Gasteiger partial charge in [-0.15, -0.1) is 23.6 Å². The summed E-state index contributed by atoms with van der Waals surface area (Å²) in [6, 6.07) is 0. The van der Waals surface area contributed by atoms with Crippen LogP contribution >= 0.6 is 11.8 Å². The molecular formula is C48H89N5O15S. The molecule has 2 saturated heterocycles. The van der Waals surface area contributed by atoms with E-state index < -0.39 is 73.8 Å². The van der Waals surface area contributed by atoms with Crippen molar-refractivity contribution in [1.29, 1.82) is 0 Å². The molecule has 0 aromatic heterocycles. The molecule has 2 aliphatic rings. The van der Waals surface area contributed by atoms with Crippen LogP contribution in [0.25, 0.3) is 0 Å². The van der Waals surface area contributed by atoms with Crippen molar-refractivity contribution in [2.24, 2.45) is 11.6 Å². The number of aliphatic hydroxyl groups is 7. The molecular weight excluding hydrogens is 919 g/mol. The first-order valence-corrected chi connectivity index (χ1v) is 26.4. The van der Waals surface area contributed by atoms with Crippen molar-refractivity contribution in [2.75, 3.05) is 78.2 Å². The first-order chi connectivity index (χ1) is 33.4. The highest BCUT2D eigenvalue weighted by molar-refractivity contribution is 7.99. The molecule has 21 heteroatoms. The lowest BCUT2D eigenvalue weighted by Crippen LogP contribution is -2.64. The summed E-state index contributed by atoms with van der Waals surface area (Å²) in [6.07, 6.45) is 10.4. The Morgan fingerprint density at radius 2 is 1.23 bits per heavy atom. The average molecular weight is 1010 g/mol. The number of amides is 2. The zero-order chi connectivity index (χ0) is 50.5. The molecule has 2 aliphatic heterocycles. The third kappa shape index (κ3) is 28.5. The molecule has 0 bridgehead atoms. The number of nitrogens with two attached hydrogens (primary N) is 2. The monoisotopic (exact) mass is 1010 g/mol. The molecule has 0 aromatic rings. The van der Waals surface area contributed by atoms with Gasteiger partial charge in [0.25, 0.3) is 0 Å². The SMILES string of the molecule is CCCCCCCCCCCCC#CCCCCCCCCC(=O)NC/C(N)=C/N(N)CCOCCOCCOCC(=O)NCCSC1OC(CO)C(OC2OC(CO)C(O)C(O)C2O)C(O)C1O. The van der Waals surface area contributed by atoms with Gasteiger partial charge in [-0.2, -0.15) is 0 Å². The van der Waals surface area contributed by atoms with Gasteiger partial charge in [0.15, 0.2) is 6.29 Å². The molecule has 20 nitrogen and oxygen atoms in total. The van der Waals surface area contributed by atoms with E-state index in [1.165, 1.54) is 82.1 Å². The number of aliphatic hydroxyl groups excluding tert-OH is 7. The maximum Gasteiger partial charge on any atom is 0.246 e. The van der Waals surface area contributed by atoms with Gasteiger partial charge in [0, 0.05) is 43.5 Å². The van der Waals surface area contributed by atoms with Crippen LogP contribution in [0, 0.1) is 11.8 Å². The molecule has 2 heterocycles. The molecule has 10 unspecified atom stereocenters. The number of ether oxygens (including phenoxy) is 6. The Hall–Kier alpha value is -2.37. The van der Waals surface area contributed by atoms with Crippen molar-refractivity contribution in [3.05, 3.63) is 11.9 Å². The molecule has 2 amide bonds. The molecule has 402 valence electrons. The second-order valence-electron chi connectivity index (χ2n) is 17.6. The minimum Gasteiger partial charge on any atom is -0.399 e. The lowest BCUT2D eigenvalue weighted by Gasteiger charge is -2.46. The predicted molar refractivity (Wildman–Crippen MR) is 262 cm³/mol. The molecule has 2 rings (SSSR count). The van der Waals surface area contributed by atoms with Crippen LogP contribution in [0.1, 0.15) is 129 Å². The highest BCUT2D eigenvalue weighted by Gasteiger charge is 2.50. The first-order valence-electron chi connectivity index (χ1n) is 25.3. The van der Waals surface area contributed by atoms with E-state index >= 15 is 0 Å². The van der Waals surface area contributed by atoms with Crippen molar-refractivity contribution in [3.8, 4) is 11.8 Å². The van der Waals surface area contributed by atoms with Gasteiger partial charge in [-0.25, -0.2) is 5.84 Å². The van der Waals surface area contributed by atoms with Crippen molar-refractivity contribution in [3.63, 3.8) is 0 Å². The largest absolute Gasteiger partial charge is 0.399 e. The minimum absolute atomic E-state index is 0.0322. The minimum atomic E-state index is -1.76. The number of carbonyl (C=O) groups excluding carboxylic acids is 2. The number of nitrogens with zero attached hydrogens (tertiary/aromatic N) is 1. The van der Waals surface area contributed by atoms with Gasteiger partial charge >= 0.3 is 0 Å². The number of nitrogens with one attached hydrogen (secondary N) is 2. The highest BCUT2D eigenvalue weighted by Crippen LogP contribution is 2.32. The molecule has 0 spiro atoms. The molecule has 13 N–H and O–H groups in total. The Balaban J connectivity index is 1.39. The van der Waals surface area contributed by atoms with E-state index in [1.807, 2.05) is 0 Å². The second-order valence-corrected chi connectivity index (χ2v) is 18.8. The van der Waals surface area contributed by atoms with Gasteiger partial charge in [-0.1, -0.05) is 90.4 Å². The van der Waals surface area contributed by atoms with E-state index in [0.717, 1.165) is 50.3 Å². The van der Waals surface area contributed by atoms with E-state index in [4.69, 9.17) is 40.0 Å². The Labute approximate surface area is 414 Å². The van der Waals surface area contributed by atoms with Crippen LogP contribution in [0.4, 0.5) is 0 Å². The molecule has 10 atom stereocenters. The molecule has 0 radical (unpaired) electrons. The van der Waals surface area contributed by atoms with Gasteiger partial charge < -0.3 is 85.5 Å². The van der Waals surface area contributed by atoms with Gasteiger partial charge in [-0.05, 0) is 19.3 Å². The fraction of sp³-hybridized carbons (Fsp3) is 0.875. The molecule has 0 aromatic carbocycles. The number of carbonyl (C=O) groups is 2. The van der Waals surface area contributed by atoms with Crippen LogP contribution in [0.3, 0.4) is 0 Å². The van der Waals surface area contributed by atoms with Gasteiger partial charge in [-0.3, -0.25) is 9.59 Å². The number of rotatable bonds is 40. The standard InChI is InChI=1S/C48H89N5O15S/c1-2-3-4-5-6-7-8-9-10-11-12-13-14-15-16-17-18-19-20-21-22-39(56)52-31-36(49)32-53(50)24-25-63-26-27-64-28-29-65-35-40(57)51-23-30-69-48-45(62)43(60)46(38(34-55)67-48)68-47-44(61)42(59)41(58)37(33-54)66-47/h32,37-38,41-48,54-55,58-62H,2-12,15-31,33-35,49-50H2,1H3,(H,51,57)(H,52,56)/b36-32-. The lowest BCUT2D eigenvalue weighted by atomic mass is 9.97. The van der Waals surface area contributed by atoms with E-state index in [2.05, 4.69) is 29.4 Å². The van der Waals surface area contributed by atoms with Crippen LogP contribution in [-0.2, 0) is 38.0 Å². The topological polar surface area (TPSA) is 310 Å². The fourth-order valence-electron chi connectivity index (χ4n) is 7.58. The normalized spacial score (nSPS) is 25.0. The zero-order valence-corrected chi connectivity index (χ0v) is 42.0. The van der Waals surface area contributed by atoms with Crippen LogP contribution in [-0.4, -0.2) is 191 Å².